The van der Waals surface area contributed by atoms with E-state index >= 15 is 8.78 Å². The number of nitrogens with zero attached hydrogens (tertiary/aromatic N) is 5. The number of rotatable bonds is 10. The number of pyridine rings is 2. The molecule has 5 aromatic rings. The predicted molar refractivity (Wildman–Crippen MR) is 158 cm³/mol. The smallest absolute Gasteiger partial charge is 0.337 e. The number of fused-ring (bicyclic) bond motifs is 1. The van der Waals surface area contributed by atoms with Crippen LogP contribution in [-0.2, 0) is 29.0 Å². The number of nitriles is 1. The zero-order valence-corrected chi connectivity index (χ0v) is 24.4. The molecule has 1 aliphatic rings. The molecule has 45 heavy (non-hydrogen) atoms. The van der Waals surface area contributed by atoms with Crippen LogP contribution in [0.25, 0.3) is 22.3 Å². The van der Waals surface area contributed by atoms with Gasteiger partial charge in [0.1, 0.15) is 41.6 Å². The van der Waals surface area contributed by atoms with E-state index < -0.39 is 17.6 Å². The van der Waals surface area contributed by atoms with E-state index in [2.05, 4.69) is 15.0 Å². The van der Waals surface area contributed by atoms with Gasteiger partial charge < -0.3 is 23.5 Å². The Kier molecular flexibility index (Phi) is 8.35. The topological polar surface area (TPSA) is 121 Å². The first-order valence-electron chi connectivity index (χ1n) is 14.1. The lowest BCUT2D eigenvalue weighted by atomic mass is 10.0. The van der Waals surface area contributed by atoms with Gasteiger partial charge in [-0.2, -0.15) is 5.26 Å². The fourth-order valence-corrected chi connectivity index (χ4v) is 5.10. The van der Waals surface area contributed by atoms with Crippen molar-refractivity contribution in [3.63, 3.8) is 0 Å². The third-order valence-corrected chi connectivity index (χ3v) is 7.57. The van der Waals surface area contributed by atoms with Crippen LogP contribution in [0.5, 0.6) is 11.6 Å². The highest BCUT2D eigenvalue weighted by Crippen LogP contribution is 2.29. The first-order valence-corrected chi connectivity index (χ1v) is 14.1. The average Bonchev–Trinajstić information content (AvgIpc) is 3.38. The van der Waals surface area contributed by atoms with Crippen LogP contribution in [0.1, 0.15) is 39.4 Å². The number of imidazole rings is 1. The summed E-state index contributed by atoms with van der Waals surface area (Å²) in [5, 5.41) is 9.06. The van der Waals surface area contributed by atoms with Gasteiger partial charge in [0.2, 0.25) is 5.88 Å². The van der Waals surface area contributed by atoms with Crippen LogP contribution >= 0.6 is 0 Å². The van der Waals surface area contributed by atoms with Gasteiger partial charge in [-0.25, -0.2) is 28.5 Å². The van der Waals surface area contributed by atoms with E-state index in [4.69, 9.17) is 24.2 Å². The number of hydrogen-bond acceptors (Lipinski definition) is 9. The molecule has 2 aromatic carbocycles. The van der Waals surface area contributed by atoms with Gasteiger partial charge in [-0.05, 0) is 48.4 Å². The van der Waals surface area contributed by atoms with E-state index in [1.807, 2.05) is 10.6 Å². The predicted octanol–water partition coefficient (Wildman–Crippen LogP) is 5.40. The molecule has 228 valence electrons. The first-order chi connectivity index (χ1) is 21.9. The summed E-state index contributed by atoms with van der Waals surface area (Å²) in [6.45, 7) is 1.14. The van der Waals surface area contributed by atoms with Crippen molar-refractivity contribution in [2.45, 2.75) is 32.1 Å². The van der Waals surface area contributed by atoms with Gasteiger partial charge in [0.05, 0.1) is 49.2 Å². The summed E-state index contributed by atoms with van der Waals surface area (Å²) in [6.07, 6.45) is 2.30. The van der Waals surface area contributed by atoms with E-state index in [0.717, 1.165) is 18.6 Å². The lowest BCUT2D eigenvalue weighted by molar-refractivity contribution is -0.0589. The summed E-state index contributed by atoms with van der Waals surface area (Å²) in [4.78, 5) is 25.2. The number of ether oxygens (including phenoxy) is 4. The number of halogens is 2. The maximum absolute atomic E-state index is 15.6. The molecule has 12 heteroatoms. The Labute approximate surface area is 256 Å². The summed E-state index contributed by atoms with van der Waals surface area (Å²) in [5.74, 6) is -0.646. The van der Waals surface area contributed by atoms with Crippen molar-refractivity contribution in [2.24, 2.45) is 0 Å². The Morgan fingerprint density at radius 2 is 1.93 bits per heavy atom. The number of benzene rings is 2. The largest absolute Gasteiger partial charge is 0.496 e. The minimum atomic E-state index is -0.660. The quantitative estimate of drug-likeness (QED) is 0.191. The Bertz CT molecular complexity index is 1950. The maximum Gasteiger partial charge on any atom is 0.337 e. The molecule has 0 N–H and O–H groups in total. The molecule has 1 saturated heterocycles. The second-order valence-electron chi connectivity index (χ2n) is 10.4. The van der Waals surface area contributed by atoms with Gasteiger partial charge in [-0.3, -0.25) is 0 Å². The molecule has 0 spiro atoms. The van der Waals surface area contributed by atoms with Crippen molar-refractivity contribution in [3.8, 4) is 29.0 Å². The van der Waals surface area contributed by atoms with E-state index in [0.29, 0.717) is 46.9 Å². The van der Waals surface area contributed by atoms with Crippen LogP contribution in [0.2, 0.25) is 0 Å². The van der Waals surface area contributed by atoms with Crippen LogP contribution in [0.4, 0.5) is 8.78 Å². The molecule has 1 atom stereocenters. The molecule has 0 bridgehead atoms. The number of hydrogen-bond donors (Lipinski definition) is 0. The van der Waals surface area contributed by atoms with Gasteiger partial charge in [0.25, 0.3) is 0 Å². The van der Waals surface area contributed by atoms with Crippen LogP contribution < -0.4 is 9.47 Å². The van der Waals surface area contributed by atoms with Crippen molar-refractivity contribution in [3.05, 3.63) is 101 Å². The molecule has 4 heterocycles. The fraction of sp³-hybridized carbons (Fsp3) is 0.242. The molecule has 3 aromatic heterocycles. The molecule has 6 rings (SSSR count). The summed E-state index contributed by atoms with van der Waals surface area (Å²) in [5.41, 5.74) is 2.71. The molecule has 1 fully saturated rings. The number of aromatic nitrogens is 4. The Hall–Kier alpha value is -5.41. The van der Waals surface area contributed by atoms with Crippen molar-refractivity contribution >= 4 is 17.0 Å². The normalized spacial score (nSPS) is 14.1. The highest BCUT2D eigenvalue weighted by Gasteiger charge is 2.24. The van der Waals surface area contributed by atoms with E-state index in [1.165, 1.54) is 26.5 Å². The molecule has 1 aliphatic heterocycles. The van der Waals surface area contributed by atoms with Crippen LogP contribution in [0, 0.1) is 23.0 Å². The second-order valence-corrected chi connectivity index (χ2v) is 10.4. The van der Waals surface area contributed by atoms with Crippen molar-refractivity contribution in [1.82, 2.24) is 19.5 Å². The molecule has 1 unspecified atom stereocenters. The highest BCUT2D eigenvalue weighted by atomic mass is 19.1. The minimum absolute atomic E-state index is 0.00896. The van der Waals surface area contributed by atoms with Crippen molar-refractivity contribution in [2.75, 3.05) is 20.8 Å². The lowest BCUT2D eigenvalue weighted by Gasteiger charge is -2.27. The van der Waals surface area contributed by atoms with Crippen LogP contribution in [-0.4, -0.2) is 52.4 Å². The zero-order chi connectivity index (χ0) is 31.5. The number of methoxy groups -OCH3 is 2. The number of carbonyl (C=O) groups excluding carboxylic acids is 1. The Balaban J connectivity index is 1.26. The average molecular weight is 612 g/mol. The molecule has 0 radical (unpaired) electrons. The van der Waals surface area contributed by atoms with E-state index in [-0.39, 0.29) is 47.5 Å². The third-order valence-electron chi connectivity index (χ3n) is 7.57. The van der Waals surface area contributed by atoms with Gasteiger partial charge in [0.15, 0.2) is 0 Å². The SMILES string of the molecule is COC(=O)c1ccc2nc(Cc3cc(F)c(-c4cccc(OCc5cnc(C#N)cc5OC)n4)cc3F)n(CC3CCO3)c2c1. The van der Waals surface area contributed by atoms with Crippen molar-refractivity contribution in [1.29, 1.82) is 5.26 Å². The standard InChI is InChI=1S/C33H27F2N5O5/c1-42-30-13-22(15-36)37-16-21(30)18-45-32-5-3-4-27(39-32)24-14-25(34)20(10-26(24)35)12-31-38-28-7-6-19(33(41)43-2)11-29(28)40(31)17-23-8-9-44-23/h3-7,10-11,13-14,16,23H,8-9,12,17-18H2,1-2H3. The minimum Gasteiger partial charge on any atom is -0.496 e. The van der Waals surface area contributed by atoms with Gasteiger partial charge in [-0.1, -0.05) is 6.07 Å². The van der Waals surface area contributed by atoms with Gasteiger partial charge >= 0.3 is 5.97 Å². The third kappa shape index (κ3) is 6.16. The van der Waals surface area contributed by atoms with E-state index in [9.17, 15) is 4.79 Å². The second kappa shape index (κ2) is 12.7. The molecule has 10 nitrogen and oxygen atoms in total. The number of esters is 1. The van der Waals surface area contributed by atoms with E-state index in [1.54, 1.807) is 36.4 Å². The molecular weight excluding hydrogens is 584 g/mol. The van der Waals surface area contributed by atoms with Gasteiger partial charge in [-0.15, -0.1) is 0 Å². The monoisotopic (exact) mass is 611 g/mol. The zero-order valence-electron chi connectivity index (χ0n) is 24.4. The molecule has 0 saturated carbocycles. The summed E-state index contributed by atoms with van der Waals surface area (Å²) in [6, 6.07) is 15.5. The molecular formula is C33H27F2N5O5. The number of carbonyl (C=O) groups is 1. The van der Waals surface area contributed by atoms with Crippen molar-refractivity contribution < 1.29 is 32.5 Å². The maximum atomic E-state index is 15.6. The summed E-state index contributed by atoms with van der Waals surface area (Å²) < 4.78 is 54.6. The Morgan fingerprint density at radius 1 is 1.09 bits per heavy atom. The summed E-state index contributed by atoms with van der Waals surface area (Å²) in [7, 11) is 2.78. The molecule has 0 aliphatic carbocycles. The fourth-order valence-electron chi connectivity index (χ4n) is 5.10. The summed E-state index contributed by atoms with van der Waals surface area (Å²) >= 11 is 0. The highest BCUT2D eigenvalue weighted by molar-refractivity contribution is 5.93. The lowest BCUT2D eigenvalue weighted by Crippen LogP contribution is -2.31. The van der Waals surface area contributed by atoms with Gasteiger partial charge in [0, 0.05) is 42.5 Å². The van der Waals surface area contributed by atoms with Crippen LogP contribution in [0.15, 0.2) is 60.8 Å². The van der Waals surface area contributed by atoms with Crippen LogP contribution in [0.3, 0.4) is 0 Å². The molecule has 0 amide bonds. The Morgan fingerprint density at radius 3 is 2.67 bits per heavy atom. The first kappa shape index (κ1) is 29.7.